The van der Waals surface area contributed by atoms with Gasteiger partial charge in [0.25, 0.3) is 0 Å². The number of hydrogen-bond acceptors (Lipinski definition) is 5. The zero-order chi connectivity index (χ0) is 16.1. The van der Waals surface area contributed by atoms with Crippen LogP contribution < -0.4 is 21.3 Å². The average molecular weight is 337 g/mol. The zero-order valence-electron chi connectivity index (χ0n) is 12.3. The van der Waals surface area contributed by atoms with E-state index in [1.165, 1.54) is 0 Å². The van der Waals surface area contributed by atoms with Crippen molar-refractivity contribution in [1.82, 2.24) is 15.3 Å². The Kier molecular flexibility index (Phi) is 5.35. The molecule has 1 heterocycles. The highest BCUT2D eigenvalue weighted by atomic mass is 35.5. The molecule has 1 aromatic heterocycles. The molecule has 0 unspecified atom stereocenters. The van der Waals surface area contributed by atoms with Gasteiger partial charge in [-0.05, 0) is 24.4 Å². The summed E-state index contributed by atoms with van der Waals surface area (Å²) in [4.78, 5) is 10.3. The van der Waals surface area contributed by atoms with E-state index < -0.39 is 0 Å². The summed E-state index contributed by atoms with van der Waals surface area (Å²) in [5, 5.41) is 6.87. The van der Waals surface area contributed by atoms with E-state index in [0.717, 1.165) is 5.69 Å². The van der Waals surface area contributed by atoms with Crippen LogP contribution in [0.25, 0.3) is 0 Å². The first-order chi connectivity index (χ1) is 10.5. The Morgan fingerprint density at radius 2 is 1.95 bits per heavy atom. The molecule has 2 aromatic rings. The molecule has 0 aliphatic rings. The second-order valence-electron chi connectivity index (χ2n) is 4.74. The molecule has 1 aromatic carbocycles. The van der Waals surface area contributed by atoms with Crippen LogP contribution in [0.15, 0.2) is 30.3 Å². The minimum Gasteiger partial charge on any atom is -0.382 e. The predicted molar refractivity (Wildman–Crippen MR) is 95.3 cm³/mol. The Bertz CT molecular complexity index is 662. The van der Waals surface area contributed by atoms with Crippen molar-refractivity contribution >= 4 is 46.3 Å². The minimum atomic E-state index is 0.304. The SMILES string of the molecule is CN(C)c1nc(N)c(CNC(=S)Nc2ccccc2)nc1Cl. The van der Waals surface area contributed by atoms with E-state index in [0.29, 0.717) is 34.1 Å². The number of nitrogens with zero attached hydrogens (tertiary/aromatic N) is 3. The quantitative estimate of drug-likeness (QED) is 0.739. The van der Waals surface area contributed by atoms with Crippen LogP contribution in [0.2, 0.25) is 5.15 Å². The van der Waals surface area contributed by atoms with E-state index in [1.54, 1.807) is 4.90 Å². The first kappa shape index (κ1) is 16.3. The molecule has 8 heteroatoms. The number of benzene rings is 1. The van der Waals surface area contributed by atoms with Crippen LogP contribution in [-0.4, -0.2) is 29.2 Å². The molecule has 22 heavy (non-hydrogen) atoms. The third-order valence-corrected chi connectivity index (χ3v) is 3.31. The molecule has 0 fully saturated rings. The summed E-state index contributed by atoms with van der Waals surface area (Å²) < 4.78 is 0. The Hall–Kier alpha value is -2.12. The van der Waals surface area contributed by atoms with Gasteiger partial charge in [0.1, 0.15) is 11.5 Å². The van der Waals surface area contributed by atoms with Crippen LogP contribution in [-0.2, 0) is 6.54 Å². The highest BCUT2D eigenvalue weighted by Crippen LogP contribution is 2.22. The largest absolute Gasteiger partial charge is 0.382 e. The molecule has 0 saturated heterocycles. The van der Waals surface area contributed by atoms with Crippen molar-refractivity contribution in [2.45, 2.75) is 6.54 Å². The molecule has 0 amide bonds. The summed E-state index contributed by atoms with van der Waals surface area (Å²) in [7, 11) is 3.65. The van der Waals surface area contributed by atoms with Gasteiger partial charge in [-0.2, -0.15) is 0 Å². The topological polar surface area (TPSA) is 79.1 Å². The Labute approximate surface area is 139 Å². The molecule has 116 valence electrons. The van der Waals surface area contributed by atoms with Gasteiger partial charge in [-0.25, -0.2) is 9.97 Å². The van der Waals surface area contributed by atoms with Gasteiger partial charge in [-0.1, -0.05) is 29.8 Å². The van der Waals surface area contributed by atoms with Crippen molar-refractivity contribution in [3.05, 3.63) is 41.2 Å². The Morgan fingerprint density at radius 1 is 1.27 bits per heavy atom. The van der Waals surface area contributed by atoms with Crippen molar-refractivity contribution in [1.29, 1.82) is 0 Å². The van der Waals surface area contributed by atoms with E-state index in [1.807, 2.05) is 44.4 Å². The van der Waals surface area contributed by atoms with Crippen LogP contribution in [0.4, 0.5) is 17.3 Å². The monoisotopic (exact) mass is 336 g/mol. The molecule has 6 nitrogen and oxygen atoms in total. The first-order valence-electron chi connectivity index (χ1n) is 6.56. The Morgan fingerprint density at radius 3 is 2.59 bits per heavy atom. The maximum atomic E-state index is 6.09. The fourth-order valence-electron chi connectivity index (χ4n) is 1.73. The summed E-state index contributed by atoms with van der Waals surface area (Å²) in [5.74, 6) is 0.857. The summed E-state index contributed by atoms with van der Waals surface area (Å²) >= 11 is 11.3. The van der Waals surface area contributed by atoms with E-state index in [2.05, 4.69) is 20.6 Å². The van der Waals surface area contributed by atoms with Crippen LogP contribution in [0.3, 0.4) is 0 Å². The normalized spacial score (nSPS) is 10.1. The number of para-hydroxylation sites is 1. The number of rotatable bonds is 4. The van der Waals surface area contributed by atoms with Crippen LogP contribution >= 0.6 is 23.8 Å². The lowest BCUT2D eigenvalue weighted by atomic mass is 10.3. The average Bonchev–Trinajstić information content (AvgIpc) is 2.48. The predicted octanol–water partition coefficient (Wildman–Crippen LogP) is 2.26. The van der Waals surface area contributed by atoms with Gasteiger partial charge in [0, 0.05) is 19.8 Å². The van der Waals surface area contributed by atoms with Crippen LogP contribution in [0, 0.1) is 0 Å². The van der Waals surface area contributed by atoms with Crippen molar-refractivity contribution in [3.63, 3.8) is 0 Å². The number of hydrogen-bond donors (Lipinski definition) is 3. The molecule has 0 radical (unpaired) electrons. The van der Waals surface area contributed by atoms with Crippen molar-refractivity contribution < 1.29 is 0 Å². The molecule has 0 bridgehead atoms. The molecule has 0 saturated carbocycles. The van der Waals surface area contributed by atoms with Gasteiger partial charge in [0.2, 0.25) is 0 Å². The van der Waals surface area contributed by atoms with E-state index in [-0.39, 0.29) is 0 Å². The maximum Gasteiger partial charge on any atom is 0.172 e. The number of anilines is 3. The number of thiocarbonyl (C=S) groups is 1. The number of nitrogens with two attached hydrogens (primary N) is 1. The molecule has 2 rings (SSSR count). The zero-order valence-corrected chi connectivity index (χ0v) is 13.9. The third kappa shape index (κ3) is 4.19. The molecule has 0 aliphatic carbocycles. The van der Waals surface area contributed by atoms with Gasteiger partial charge >= 0.3 is 0 Å². The molecule has 0 spiro atoms. The fourth-order valence-corrected chi connectivity index (χ4v) is 2.23. The lowest BCUT2D eigenvalue weighted by molar-refractivity contribution is 0.870. The van der Waals surface area contributed by atoms with Gasteiger partial charge in [0.05, 0.1) is 6.54 Å². The summed E-state index contributed by atoms with van der Waals surface area (Å²) in [6.07, 6.45) is 0. The fraction of sp³-hybridized carbons (Fsp3) is 0.214. The second-order valence-corrected chi connectivity index (χ2v) is 5.50. The standard InChI is InChI=1S/C14H17ClN6S/c1-21(2)13-11(15)19-10(12(16)20-13)8-17-14(22)18-9-6-4-3-5-7-9/h3-7H,8H2,1-2H3,(H2,16,20)(H2,17,18,22). The van der Waals surface area contributed by atoms with Crippen molar-refractivity contribution in [2.24, 2.45) is 0 Å². The third-order valence-electron chi connectivity index (χ3n) is 2.81. The van der Waals surface area contributed by atoms with E-state index in [4.69, 9.17) is 29.6 Å². The number of nitrogens with one attached hydrogen (secondary N) is 2. The lowest BCUT2D eigenvalue weighted by Crippen LogP contribution is -2.29. The minimum absolute atomic E-state index is 0.304. The van der Waals surface area contributed by atoms with E-state index in [9.17, 15) is 0 Å². The van der Waals surface area contributed by atoms with Gasteiger partial charge in [0.15, 0.2) is 16.1 Å². The number of halogens is 1. The van der Waals surface area contributed by atoms with Crippen LogP contribution in [0.1, 0.15) is 5.69 Å². The lowest BCUT2D eigenvalue weighted by Gasteiger charge is -2.15. The van der Waals surface area contributed by atoms with Crippen molar-refractivity contribution in [2.75, 3.05) is 30.0 Å². The van der Waals surface area contributed by atoms with Crippen LogP contribution in [0.5, 0.6) is 0 Å². The highest BCUT2D eigenvalue weighted by molar-refractivity contribution is 7.80. The van der Waals surface area contributed by atoms with Gasteiger partial charge in [-0.3, -0.25) is 0 Å². The molecular weight excluding hydrogens is 320 g/mol. The molecule has 0 atom stereocenters. The first-order valence-corrected chi connectivity index (χ1v) is 7.35. The summed E-state index contributed by atoms with van der Waals surface area (Å²) in [6, 6.07) is 9.63. The Balaban J connectivity index is 1.99. The summed E-state index contributed by atoms with van der Waals surface area (Å²) in [5.41, 5.74) is 7.36. The second kappa shape index (κ2) is 7.24. The highest BCUT2D eigenvalue weighted by Gasteiger charge is 2.12. The smallest absolute Gasteiger partial charge is 0.172 e. The molecular formula is C14H17ClN6S. The molecule has 0 aliphatic heterocycles. The number of aromatic nitrogens is 2. The van der Waals surface area contributed by atoms with Gasteiger partial charge < -0.3 is 21.3 Å². The summed E-state index contributed by atoms with van der Waals surface area (Å²) in [6.45, 7) is 0.338. The molecule has 4 N–H and O–H groups in total. The maximum absolute atomic E-state index is 6.09. The van der Waals surface area contributed by atoms with E-state index >= 15 is 0 Å². The number of nitrogen functional groups attached to an aromatic ring is 1. The van der Waals surface area contributed by atoms with Crippen molar-refractivity contribution in [3.8, 4) is 0 Å². The van der Waals surface area contributed by atoms with Gasteiger partial charge in [-0.15, -0.1) is 0 Å².